The summed E-state index contributed by atoms with van der Waals surface area (Å²) in [5.74, 6) is -0.0879. The van der Waals surface area contributed by atoms with Crippen molar-refractivity contribution in [1.82, 2.24) is 20.2 Å². The molecule has 0 saturated carbocycles. The van der Waals surface area contributed by atoms with Crippen LogP contribution in [0.4, 0.5) is 5.69 Å². The van der Waals surface area contributed by atoms with Crippen molar-refractivity contribution in [3.05, 3.63) is 30.6 Å². The molecular formula is C13H18N6O. The molecule has 2 aromatic rings. The van der Waals surface area contributed by atoms with Gasteiger partial charge in [0.15, 0.2) is 0 Å². The van der Waals surface area contributed by atoms with Gasteiger partial charge in [0.05, 0.1) is 17.4 Å². The van der Waals surface area contributed by atoms with Crippen LogP contribution in [0.25, 0.3) is 5.69 Å². The Morgan fingerprint density at radius 1 is 1.45 bits per heavy atom. The zero-order valence-electron chi connectivity index (χ0n) is 11.5. The van der Waals surface area contributed by atoms with Crippen LogP contribution in [0.2, 0.25) is 0 Å². The number of aromatic nitrogens is 4. The number of nitrogens with zero attached hydrogens (tertiary/aromatic N) is 4. The molecule has 1 heterocycles. The molecule has 7 heteroatoms. The standard InChI is InChI=1S/C13H18N6O/c1-3-9(2)12(14)13(20)16-10-6-4-5-7-11(10)19-8-15-17-18-19/h4-9,12H,3,14H2,1-2H3,(H,16,20). The van der Waals surface area contributed by atoms with Crippen molar-refractivity contribution < 1.29 is 4.79 Å². The van der Waals surface area contributed by atoms with Crippen LogP contribution in [0, 0.1) is 5.92 Å². The zero-order chi connectivity index (χ0) is 14.5. The number of nitrogens with one attached hydrogen (secondary N) is 1. The SMILES string of the molecule is CCC(C)C(N)C(=O)Nc1ccccc1-n1cnnn1. The Bertz CT molecular complexity index is 568. The van der Waals surface area contributed by atoms with E-state index in [2.05, 4.69) is 20.8 Å². The number of hydrogen-bond acceptors (Lipinski definition) is 5. The second-order valence-corrected chi connectivity index (χ2v) is 4.67. The monoisotopic (exact) mass is 274 g/mol. The number of tetrazole rings is 1. The highest BCUT2D eigenvalue weighted by Gasteiger charge is 2.20. The van der Waals surface area contributed by atoms with Gasteiger partial charge in [0.25, 0.3) is 0 Å². The lowest BCUT2D eigenvalue weighted by atomic mass is 9.99. The molecule has 106 valence electrons. The molecule has 2 unspecified atom stereocenters. The van der Waals surface area contributed by atoms with Crippen LogP contribution in [0.1, 0.15) is 20.3 Å². The summed E-state index contributed by atoms with van der Waals surface area (Å²) >= 11 is 0. The Hall–Kier alpha value is -2.28. The van der Waals surface area contributed by atoms with Gasteiger partial charge >= 0.3 is 0 Å². The van der Waals surface area contributed by atoms with E-state index in [1.54, 1.807) is 6.07 Å². The number of anilines is 1. The highest BCUT2D eigenvalue weighted by Crippen LogP contribution is 2.19. The minimum atomic E-state index is -0.540. The van der Waals surface area contributed by atoms with Crippen LogP contribution in [0.5, 0.6) is 0 Å². The summed E-state index contributed by atoms with van der Waals surface area (Å²) in [7, 11) is 0. The molecule has 1 amide bonds. The molecule has 0 bridgehead atoms. The van der Waals surface area contributed by atoms with E-state index in [4.69, 9.17) is 5.73 Å². The van der Waals surface area contributed by atoms with Gasteiger partial charge in [0, 0.05) is 0 Å². The molecule has 7 nitrogen and oxygen atoms in total. The van der Waals surface area contributed by atoms with Gasteiger partial charge in [0.1, 0.15) is 6.33 Å². The molecule has 20 heavy (non-hydrogen) atoms. The third-order valence-electron chi connectivity index (χ3n) is 3.32. The van der Waals surface area contributed by atoms with E-state index < -0.39 is 6.04 Å². The highest BCUT2D eigenvalue weighted by atomic mass is 16.2. The van der Waals surface area contributed by atoms with Crippen molar-refractivity contribution in [3.8, 4) is 5.69 Å². The maximum absolute atomic E-state index is 12.1. The Morgan fingerprint density at radius 2 is 2.20 bits per heavy atom. The first kappa shape index (κ1) is 14.1. The third kappa shape index (κ3) is 3.00. The first-order valence-electron chi connectivity index (χ1n) is 6.52. The molecule has 0 saturated heterocycles. The van der Waals surface area contributed by atoms with Gasteiger partial charge in [-0.05, 0) is 28.5 Å². The van der Waals surface area contributed by atoms with E-state index in [1.807, 2.05) is 32.0 Å². The summed E-state index contributed by atoms with van der Waals surface area (Å²) in [6.07, 6.45) is 2.32. The molecule has 0 spiro atoms. The number of para-hydroxylation sites is 2. The predicted molar refractivity (Wildman–Crippen MR) is 75.2 cm³/mol. The normalized spacial score (nSPS) is 13.8. The average Bonchev–Trinajstić information content (AvgIpc) is 3.00. The Morgan fingerprint density at radius 3 is 2.85 bits per heavy atom. The van der Waals surface area contributed by atoms with Crippen LogP contribution in [-0.2, 0) is 4.79 Å². The number of benzene rings is 1. The first-order valence-corrected chi connectivity index (χ1v) is 6.52. The zero-order valence-corrected chi connectivity index (χ0v) is 11.5. The van der Waals surface area contributed by atoms with Crippen molar-refractivity contribution in [2.45, 2.75) is 26.3 Å². The summed E-state index contributed by atoms with van der Waals surface area (Å²) in [4.78, 5) is 12.1. The van der Waals surface area contributed by atoms with Crippen LogP contribution < -0.4 is 11.1 Å². The van der Waals surface area contributed by atoms with Crippen molar-refractivity contribution in [3.63, 3.8) is 0 Å². The summed E-state index contributed by atoms with van der Waals surface area (Å²) < 4.78 is 1.49. The molecule has 1 aromatic heterocycles. The first-order chi connectivity index (χ1) is 9.63. The summed E-state index contributed by atoms with van der Waals surface area (Å²) in [5.41, 5.74) is 7.25. The van der Waals surface area contributed by atoms with Crippen molar-refractivity contribution in [1.29, 1.82) is 0 Å². The van der Waals surface area contributed by atoms with Gasteiger partial charge in [-0.1, -0.05) is 32.4 Å². The highest BCUT2D eigenvalue weighted by molar-refractivity contribution is 5.96. The second-order valence-electron chi connectivity index (χ2n) is 4.67. The van der Waals surface area contributed by atoms with E-state index in [-0.39, 0.29) is 11.8 Å². The molecule has 2 rings (SSSR count). The topological polar surface area (TPSA) is 98.7 Å². The van der Waals surface area contributed by atoms with E-state index in [1.165, 1.54) is 11.0 Å². The summed E-state index contributed by atoms with van der Waals surface area (Å²) in [6, 6.07) is 6.75. The quantitative estimate of drug-likeness (QED) is 0.846. The number of carbonyl (C=O) groups is 1. The van der Waals surface area contributed by atoms with Crippen LogP contribution >= 0.6 is 0 Å². The average molecular weight is 274 g/mol. The molecule has 1 aromatic carbocycles. The molecule has 0 radical (unpaired) electrons. The van der Waals surface area contributed by atoms with Crippen molar-refractivity contribution >= 4 is 11.6 Å². The maximum atomic E-state index is 12.1. The smallest absolute Gasteiger partial charge is 0.241 e. The van der Waals surface area contributed by atoms with Crippen LogP contribution in [0.15, 0.2) is 30.6 Å². The largest absolute Gasteiger partial charge is 0.323 e. The van der Waals surface area contributed by atoms with E-state index in [9.17, 15) is 4.79 Å². The maximum Gasteiger partial charge on any atom is 0.241 e. The molecule has 0 aliphatic rings. The Kier molecular flexibility index (Phi) is 4.41. The van der Waals surface area contributed by atoms with E-state index >= 15 is 0 Å². The van der Waals surface area contributed by atoms with E-state index in [0.717, 1.165) is 6.42 Å². The van der Waals surface area contributed by atoms with E-state index in [0.29, 0.717) is 11.4 Å². The molecule has 3 N–H and O–H groups in total. The minimum Gasteiger partial charge on any atom is -0.323 e. The lowest BCUT2D eigenvalue weighted by Crippen LogP contribution is -2.40. The van der Waals surface area contributed by atoms with Crippen LogP contribution in [-0.4, -0.2) is 32.2 Å². The molecule has 0 aliphatic heterocycles. The number of nitrogens with two attached hydrogens (primary N) is 1. The van der Waals surface area contributed by atoms with Gasteiger partial charge in [-0.2, -0.15) is 4.68 Å². The summed E-state index contributed by atoms with van der Waals surface area (Å²) in [5, 5.41) is 13.8. The Labute approximate surface area is 117 Å². The number of rotatable bonds is 5. The number of hydrogen-bond donors (Lipinski definition) is 2. The molecule has 0 fully saturated rings. The van der Waals surface area contributed by atoms with Crippen molar-refractivity contribution in [2.75, 3.05) is 5.32 Å². The van der Waals surface area contributed by atoms with Crippen molar-refractivity contribution in [2.24, 2.45) is 11.7 Å². The third-order valence-corrected chi connectivity index (χ3v) is 3.32. The predicted octanol–water partition coefficient (Wildman–Crippen LogP) is 0.974. The lowest BCUT2D eigenvalue weighted by molar-refractivity contribution is -0.118. The van der Waals surface area contributed by atoms with Crippen LogP contribution in [0.3, 0.4) is 0 Å². The van der Waals surface area contributed by atoms with Gasteiger partial charge < -0.3 is 11.1 Å². The Balaban J connectivity index is 2.20. The molecule has 0 aliphatic carbocycles. The number of amides is 1. The second kappa shape index (κ2) is 6.25. The minimum absolute atomic E-state index is 0.121. The fourth-order valence-corrected chi connectivity index (χ4v) is 1.78. The summed E-state index contributed by atoms with van der Waals surface area (Å²) in [6.45, 7) is 3.96. The van der Waals surface area contributed by atoms with Gasteiger partial charge in [-0.3, -0.25) is 4.79 Å². The number of carbonyl (C=O) groups excluding carboxylic acids is 1. The van der Waals surface area contributed by atoms with Gasteiger partial charge in [-0.25, -0.2) is 0 Å². The fourth-order valence-electron chi connectivity index (χ4n) is 1.78. The van der Waals surface area contributed by atoms with Gasteiger partial charge in [-0.15, -0.1) is 5.10 Å². The van der Waals surface area contributed by atoms with Gasteiger partial charge in [0.2, 0.25) is 5.91 Å². The molecule has 2 atom stereocenters. The lowest BCUT2D eigenvalue weighted by Gasteiger charge is -2.18. The molecular weight excluding hydrogens is 256 g/mol. The fraction of sp³-hybridized carbons (Fsp3) is 0.385.